The van der Waals surface area contributed by atoms with Crippen LogP contribution < -0.4 is 5.32 Å². The number of amides is 2. The number of fused-ring (bicyclic) bond motifs is 1. The van der Waals surface area contributed by atoms with Crippen molar-refractivity contribution in [3.8, 4) is 0 Å². The third-order valence-electron chi connectivity index (χ3n) is 8.65. The maximum absolute atomic E-state index is 14.0. The number of benzene rings is 1. The Hall–Kier alpha value is -2.90. The van der Waals surface area contributed by atoms with Gasteiger partial charge in [0, 0.05) is 36.3 Å². The number of nitrogens with zero attached hydrogens (tertiary/aromatic N) is 3. The van der Waals surface area contributed by atoms with E-state index in [9.17, 15) is 14.0 Å². The number of likely N-dealkylation sites (tertiary alicyclic amines) is 1. The molecule has 1 N–H and O–H groups in total. The molecule has 2 amide bonds. The zero-order valence-corrected chi connectivity index (χ0v) is 24.4. The second kappa shape index (κ2) is 12.3. The van der Waals surface area contributed by atoms with Crippen molar-refractivity contribution in [2.24, 2.45) is 0 Å². The Morgan fingerprint density at radius 1 is 1.02 bits per heavy atom. The largest absolute Gasteiger partial charge is 0.444 e. The standard InChI is InChI=1S/C32H45FN4O3/c1-32(2,3)40-31(39)36-18-16-25(17-19-36)34-30(38)28-27-15-8-7-11-23(20-22-10-9-12-24(33)21-22)29(27)37(35-28)26-13-5-4-6-14-26/h9-10,12,21,23,25-26H,4-8,11,13-20H2,1-3H3,(H,34,38). The van der Waals surface area contributed by atoms with Gasteiger partial charge in [0.15, 0.2) is 5.69 Å². The van der Waals surface area contributed by atoms with Gasteiger partial charge in [0.25, 0.3) is 5.91 Å². The van der Waals surface area contributed by atoms with E-state index < -0.39 is 5.60 Å². The molecule has 5 rings (SSSR count). The second-order valence-corrected chi connectivity index (χ2v) is 12.9. The second-order valence-electron chi connectivity index (χ2n) is 12.9. The maximum atomic E-state index is 14.0. The number of aromatic nitrogens is 2. The summed E-state index contributed by atoms with van der Waals surface area (Å²) in [6, 6.07) is 7.24. The lowest BCUT2D eigenvalue weighted by Crippen LogP contribution is -2.48. The smallest absolute Gasteiger partial charge is 0.410 e. The number of ether oxygens (including phenoxy) is 1. The van der Waals surface area contributed by atoms with Gasteiger partial charge >= 0.3 is 6.09 Å². The van der Waals surface area contributed by atoms with E-state index in [1.807, 2.05) is 26.8 Å². The van der Waals surface area contributed by atoms with Gasteiger partial charge in [-0.1, -0.05) is 37.8 Å². The van der Waals surface area contributed by atoms with Crippen LogP contribution in [0.3, 0.4) is 0 Å². The van der Waals surface area contributed by atoms with Crippen molar-refractivity contribution in [2.45, 2.75) is 121 Å². The molecule has 40 heavy (non-hydrogen) atoms. The summed E-state index contributed by atoms with van der Waals surface area (Å²) in [6.07, 6.45) is 11.6. The topological polar surface area (TPSA) is 76.5 Å². The van der Waals surface area contributed by atoms with Crippen LogP contribution in [-0.2, 0) is 17.6 Å². The van der Waals surface area contributed by atoms with Gasteiger partial charge < -0.3 is 15.0 Å². The lowest BCUT2D eigenvalue weighted by atomic mass is 9.89. The summed E-state index contributed by atoms with van der Waals surface area (Å²) in [5.74, 6) is -0.0924. The summed E-state index contributed by atoms with van der Waals surface area (Å²) < 4.78 is 21.8. The van der Waals surface area contributed by atoms with Crippen molar-refractivity contribution in [1.29, 1.82) is 0 Å². The number of carbonyl (C=O) groups is 2. The van der Waals surface area contributed by atoms with Gasteiger partial charge in [0.1, 0.15) is 11.4 Å². The van der Waals surface area contributed by atoms with E-state index in [0.717, 1.165) is 56.1 Å². The van der Waals surface area contributed by atoms with Crippen molar-refractivity contribution in [3.05, 3.63) is 52.6 Å². The number of hydrogen-bond acceptors (Lipinski definition) is 4. The van der Waals surface area contributed by atoms with Crippen molar-refractivity contribution in [2.75, 3.05) is 13.1 Å². The predicted molar refractivity (Wildman–Crippen MR) is 153 cm³/mol. The van der Waals surface area contributed by atoms with Crippen LogP contribution in [0.5, 0.6) is 0 Å². The summed E-state index contributed by atoms with van der Waals surface area (Å²) >= 11 is 0. The number of hydrogen-bond donors (Lipinski definition) is 1. The van der Waals surface area contributed by atoms with E-state index in [2.05, 4.69) is 10.00 Å². The molecule has 0 radical (unpaired) electrons. The van der Waals surface area contributed by atoms with Crippen LogP contribution in [0.4, 0.5) is 9.18 Å². The lowest BCUT2D eigenvalue weighted by molar-refractivity contribution is 0.0199. The Bertz CT molecular complexity index is 1190. The highest BCUT2D eigenvalue weighted by Crippen LogP contribution is 2.39. The number of carbonyl (C=O) groups excluding carboxylic acids is 2. The van der Waals surface area contributed by atoms with Crippen molar-refractivity contribution in [1.82, 2.24) is 20.0 Å². The van der Waals surface area contributed by atoms with Crippen LogP contribution in [0, 0.1) is 5.82 Å². The van der Waals surface area contributed by atoms with Gasteiger partial charge in [-0.05, 0) is 89.8 Å². The predicted octanol–water partition coefficient (Wildman–Crippen LogP) is 6.71. The first-order valence-electron chi connectivity index (χ1n) is 15.3. The van der Waals surface area contributed by atoms with Crippen molar-refractivity contribution in [3.63, 3.8) is 0 Å². The van der Waals surface area contributed by atoms with Crippen LogP contribution in [0.25, 0.3) is 0 Å². The molecule has 0 bridgehead atoms. The summed E-state index contributed by atoms with van der Waals surface area (Å²) in [5, 5.41) is 8.32. The molecule has 1 atom stereocenters. The molecular weight excluding hydrogens is 507 g/mol. The minimum atomic E-state index is -0.524. The summed E-state index contributed by atoms with van der Waals surface area (Å²) in [7, 11) is 0. The Morgan fingerprint density at radius 2 is 1.75 bits per heavy atom. The maximum Gasteiger partial charge on any atom is 0.410 e. The summed E-state index contributed by atoms with van der Waals surface area (Å²) in [4.78, 5) is 28.0. The van der Waals surface area contributed by atoms with Gasteiger partial charge in [0.05, 0.1) is 6.04 Å². The average Bonchev–Trinajstić information content (AvgIpc) is 3.18. The quantitative estimate of drug-likeness (QED) is 0.418. The highest BCUT2D eigenvalue weighted by Gasteiger charge is 2.34. The molecule has 1 saturated heterocycles. The zero-order valence-electron chi connectivity index (χ0n) is 24.4. The molecule has 1 aromatic carbocycles. The number of nitrogens with one attached hydrogen (secondary N) is 1. The monoisotopic (exact) mass is 552 g/mol. The molecule has 1 aromatic heterocycles. The molecule has 2 aliphatic carbocycles. The molecule has 1 aliphatic heterocycles. The average molecular weight is 553 g/mol. The van der Waals surface area contributed by atoms with Gasteiger partial charge in [-0.25, -0.2) is 9.18 Å². The van der Waals surface area contributed by atoms with Crippen LogP contribution in [0.15, 0.2) is 24.3 Å². The number of piperidine rings is 1. The third-order valence-corrected chi connectivity index (χ3v) is 8.65. The Kier molecular flexibility index (Phi) is 8.81. The van der Waals surface area contributed by atoms with E-state index in [1.54, 1.807) is 17.0 Å². The van der Waals surface area contributed by atoms with Crippen LogP contribution >= 0.6 is 0 Å². The normalized spacial score (nSPS) is 21.0. The summed E-state index contributed by atoms with van der Waals surface area (Å²) in [6.45, 7) is 6.73. The summed E-state index contributed by atoms with van der Waals surface area (Å²) in [5.41, 5.74) is 3.34. The minimum absolute atomic E-state index is 0.00413. The fourth-order valence-corrected chi connectivity index (χ4v) is 6.71. The fraction of sp³-hybridized carbons (Fsp3) is 0.656. The van der Waals surface area contributed by atoms with E-state index in [0.29, 0.717) is 37.7 Å². The first-order chi connectivity index (χ1) is 19.2. The number of rotatable bonds is 5. The molecule has 3 aliphatic rings. The van der Waals surface area contributed by atoms with Crippen molar-refractivity contribution >= 4 is 12.0 Å². The first kappa shape index (κ1) is 28.6. The SMILES string of the molecule is CC(C)(C)OC(=O)N1CCC(NC(=O)c2nn(C3CCCCC3)c3c2CCCCC3Cc2cccc(F)c2)CC1. The number of halogens is 1. The van der Waals surface area contributed by atoms with Crippen LogP contribution in [0.1, 0.15) is 124 Å². The Morgan fingerprint density at radius 3 is 2.45 bits per heavy atom. The third kappa shape index (κ3) is 6.87. The van der Waals surface area contributed by atoms with Crippen LogP contribution in [0.2, 0.25) is 0 Å². The highest BCUT2D eigenvalue weighted by molar-refractivity contribution is 5.94. The molecular formula is C32H45FN4O3. The van der Waals surface area contributed by atoms with Gasteiger partial charge in [-0.2, -0.15) is 5.10 Å². The highest BCUT2D eigenvalue weighted by atomic mass is 19.1. The molecule has 1 saturated carbocycles. The van der Waals surface area contributed by atoms with E-state index in [1.165, 1.54) is 31.0 Å². The molecule has 1 unspecified atom stereocenters. The van der Waals surface area contributed by atoms with Gasteiger partial charge in [0.2, 0.25) is 0 Å². The fourth-order valence-electron chi connectivity index (χ4n) is 6.71. The van der Waals surface area contributed by atoms with Gasteiger partial charge in [-0.15, -0.1) is 0 Å². The molecule has 2 aromatic rings. The first-order valence-corrected chi connectivity index (χ1v) is 15.3. The Labute approximate surface area is 237 Å². The minimum Gasteiger partial charge on any atom is -0.444 e. The molecule has 2 heterocycles. The lowest BCUT2D eigenvalue weighted by Gasteiger charge is -2.33. The van der Waals surface area contributed by atoms with E-state index >= 15 is 0 Å². The molecule has 7 nitrogen and oxygen atoms in total. The van der Waals surface area contributed by atoms with Crippen LogP contribution in [-0.4, -0.2) is 51.4 Å². The Balaban J connectivity index is 1.36. The van der Waals surface area contributed by atoms with Gasteiger partial charge in [-0.3, -0.25) is 9.48 Å². The molecule has 218 valence electrons. The zero-order chi connectivity index (χ0) is 28.3. The molecule has 0 spiro atoms. The molecule has 2 fully saturated rings. The van der Waals surface area contributed by atoms with E-state index in [-0.39, 0.29) is 29.8 Å². The van der Waals surface area contributed by atoms with Crippen molar-refractivity contribution < 1.29 is 18.7 Å². The van der Waals surface area contributed by atoms with E-state index in [4.69, 9.17) is 9.84 Å². The molecule has 8 heteroatoms.